The van der Waals surface area contributed by atoms with Crippen LogP contribution < -0.4 is 0 Å². The molecule has 0 aliphatic carbocycles. The van der Waals surface area contributed by atoms with E-state index in [1.54, 1.807) is 12.1 Å². The van der Waals surface area contributed by atoms with Gasteiger partial charge in [-0.05, 0) is 12.1 Å². The van der Waals surface area contributed by atoms with E-state index in [4.69, 9.17) is 51.1 Å². The number of halogens is 4. The maximum atomic E-state index is 12.2. The van der Waals surface area contributed by atoms with Gasteiger partial charge in [0.25, 0.3) is 11.8 Å². The SMILES string of the molecule is O=C(OCN1C(=O)c2ccccc2C1=O)c1nc(Cl)c(Cl)c(Cl)c1Cl. The average Bonchev–Trinajstić information content (AvgIpc) is 2.85. The molecule has 128 valence electrons. The number of fused-ring (bicyclic) bond motifs is 1. The fourth-order valence-electron chi connectivity index (χ4n) is 2.17. The van der Waals surface area contributed by atoms with E-state index in [0.29, 0.717) is 0 Å². The molecule has 0 bridgehead atoms. The first-order chi connectivity index (χ1) is 11.8. The zero-order valence-corrected chi connectivity index (χ0v) is 15.1. The lowest BCUT2D eigenvalue weighted by molar-refractivity contribution is 0.0223. The molecule has 1 aromatic heterocycles. The number of nitrogens with zero attached hydrogens (tertiary/aromatic N) is 2. The van der Waals surface area contributed by atoms with Crippen molar-refractivity contribution in [1.82, 2.24) is 9.88 Å². The maximum absolute atomic E-state index is 12.2. The van der Waals surface area contributed by atoms with Gasteiger partial charge in [0.1, 0.15) is 5.15 Å². The summed E-state index contributed by atoms with van der Waals surface area (Å²) in [6.45, 7) is -0.610. The predicted molar refractivity (Wildman–Crippen MR) is 91.5 cm³/mol. The Balaban J connectivity index is 1.79. The minimum absolute atomic E-state index is 0.106. The second-order valence-electron chi connectivity index (χ2n) is 4.84. The van der Waals surface area contributed by atoms with Crippen molar-refractivity contribution in [3.05, 3.63) is 61.3 Å². The Hall–Kier alpha value is -1.86. The molecular formula is C15H6Cl4N2O4. The number of carbonyl (C=O) groups excluding carboxylic acids is 3. The van der Waals surface area contributed by atoms with Gasteiger partial charge in [-0.15, -0.1) is 0 Å². The van der Waals surface area contributed by atoms with E-state index in [1.165, 1.54) is 12.1 Å². The lowest BCUT2D eigenvalue weighted by Crippen LogP contribution is -2.33. The highest BCUT2D eigenvalue weighted by molar-refractivity contribution is 6.52. The van der Waals surface area contributed by atoms with Crippen LogP contribution >= 0.6 is 46.4 Å². The van der Waals surface area contributed by atoms with Gasteiger partial charge in [0, 0.05) is 0 Å². The zero-order valence-electron chi connectivity index (χ0n) is 12.1. The minimum Gasteiger partial charge on any atom is -0.439 e. The first kappa shape index (κ1) is 17.9. The summed E-state index contributed by atoms with van der Waals surface area (Å²) in [6, 6.07) is 6.27. The molecule has 0 saturated heterocycles. The number of imide groups is 1. The number of ether oxygens (including phenoxy) is 1. The predicted octanol–water partition coefficient (Wildman–Crippen LogP) is 4.11. The van der Waals surface area contributed by atoms with Crippen molar-refractivity contribution in [1.29, 1.82) is 0 Å². The highest BCUT2D eigenvalue weighted by Gasteiger charge is 2.36. The molecule has 0 spiro atoms. The lowest BCUT2D eigenvalue weighted by Gasteiger charge is -2.14. The Morgan fingerprint density at radius 1 is 0.960 bits per heavy atom. The van der Waals surface area contributed by atoms with E-state index in [-0.39, 0.29) is 37.0 Å². The van der Waals surface area contributed by atoms with Gasteiger partial charge in [0.15, 0.2) is 12.4 Å². The zero-order chi connectivity index (χ0) is 18.3. The number of pyridine rings is 1. The highest BCUT2D eigenvalue weighted by atomic mass is 35.5. The van der Waals surface area contributed by atoms with Crippen molar-refractivity contribution < 1.29 is 19.1 Å². The molecule has 0 fully saturated rings. The van der Waals surface area contributed by atoms with Gasteiger partial charge in [-0.25, -0.2) is 14.7 Å². The van der Waals surface area contributed by atoms with Crippen LogP contribution in [0.15, 0.2) is 24.3 Å². The van der Waals surface area contributed by atoms with Gasteiger partial charge in [-0.1, -0.05) is 58.5 Å². The second kappa shape index (κ2) is 6.80. The van der Waals surface area contributed by atoms with Gasteiger partial charge in [0.05, 0.1) is 26.2 Å². The summed E-state index contributed by atoms with van der Waals surface area (Å²) >= 11 is 23.3. The Kier molecular flexibility index (Phi) is 4.88. The Labute approximate surface area is 161 Å². The first-order valence-corrected chi connectivity index (χ1v) is 8.16. The Morgan fingerprint density at radius 2 is 1.52 bits per heavy atom. The van der Waals surface area contributed by atoms with Crippen LogP contribution in [-0.2, 0) is 4.74 Å². The van der Waals surface area contributed by atoms with Crippen molar-refractivity contribution in [2.24, 2.45) is 0 Å². The molecule has 0 atom stereocenters. The molecule has 6 nitrogen and oxygen atoms in total. The third-order valence-electron chi connectivity index (χ3n) is 3.38. The van der Waals surface area contributed by atoms with Crippen LogP contribution in [0.2, 0.25) is 20.2 Å². The van der Waals surface area contributed by atoms with Crippen LogP contribution in [0.25, 0.3) is 0 Å². The molecule has 2 aromatic rings. The summed E-state index contributed by atoms with van der Waals surface area (Å²) in [5, 5.41) is -0.742. The van der Waals surface area contributed by atoms with Crippen LogP contribution in [0.1, 0.15) is 31.2 Å². The fraction of sp³-hybridized carbons (Fsp3) is 0.0667. The van der Waals surface area contributed by atoms with E-state index in [2.05, 4.69) is 4.98 Å². The number of benzene rings is 1. The van der Waals surface area contributed by atoms with Gasteiger partial charge in [-0.3, -0.25) is 9.59 Å². The Morgan fingerprint density at radius 3 is 2.08 bits per heavy atom. The summed E-state index contributed by atoms with van der Waals surface area (Å²) in [6.07, 6.45) is 0. The summed E-state index contributed by atoms with van der Waals surface area (Å²) in [5.41, 5.74) is 0.0900. The molecule has 25 heavy (non-hydrogen) atoms. The largest absolute Gasteiger partial charge is 0.439 e. The van der Waals surface area contributed by atoms with E-state index in [9.17, 15) is 14.4 Å². The number of hydrogen-bond acceptors (Lipinski definition) is 5. The molecule has 10 heteroatoms. The van der Waals surface area contributed by atoms with E-state index in [0.717, 1.165) is 4.90 Å². The van der Waals surface area contributed by atoms with Crippen LogP contribution in [-0.4, -0.2) is 34.4 Å². The molecule has 2 heterocycles. The van der Waals surface area contributed by atoms with Crippen LogP contribution in [0.5, 0.6) is 0 Å². The molecule has 1 aliphatic rings. The van der Waals surface area contributed by atoms with Crippen molar-refractivity contribution in [2.45, 2.75) is 0 Å². The number of aromatic nitrogens is 1. The molecular weight excluding hydrogens is 414 g/mol. The monoisotopic (exact) mass is 418 g/mol. The van der Waals surface area contributed by atoms with Crippen LogP contribution in [0.4, 0.5) is 0 Å². The standard InChI is InChI=1S/C15H6Cl4N2O4/c16-8-9(17)11(20-12(19)10(8)18)15(24)25-5-21-13(22)6-3-1-2-4-7(6)14(21)23/h1-4H,5H2. The van der Waals surface area contributed by atoms with Gasteiger partial charge in [0.2, 0.25) is 0 Å². The van der Waals surface area contributed by atoms with Crippen LogP contribution in [0.3, 0.4) is 0 Å². The van der Waals surface area contributed by atoms with Crippen molar-refractivity contribution in [3.63, 3.8) is 0 Å². The van der Waals surface area contributed by atoms with E-state index < -0.39 is 24.5 Å². The third kappa shape index (κ3) is 3.06. The fourth-order valence-corrected chi connectivity index (χ4v) is 2.98. The summed E-state index contributed by atoms with van der Waals surface area (Å²) in [7, 11) is 0. The van der Waals surface area contributed by atoms with Gasteiger partial charge >= 0.3 is 5.97 Å². The molecule has 3 rings (SSSR count). The molecule has 1 aliphatic heterocycles. The first-order valence-electron chi connectivity index (χ1n) is 6.65. The van der Waals surface area contributed by atoms with Crippen molar-refractivity contribution in [3.8, 4) is 0 Å². The lowest BCUT2D eigenvalue weighted by atomic mass is 10.1. The molecule has 0 N–H and O–H groups in total. The molecule has 0 saturated carbocycles. The Bertz CT molecular complexity index is 897. The number of rotatable bonds is 3. The average molecular weight is 420 g/mol. The summed E-state index contributed by atoms with van der Waals surface area (Å²) < 4.78 is 4.95. The molecule has 0 radical (unpaired) electrons. The number of esters is 1. The number of amides is 2. The summed E-state index contributed by atoms with van der Waals surface area (Å²) in [4.78, 5) is 41.0. The molecule has 1 aromatic carbocycles. The summed E-state index contributed by atoms with van der Waals surface area (Å²) in [5.74, 6) is -2.15. The van der Waals surface area contributed by atoms with Crippen molar-refractivity contribution >= 4 is 64.2 Å². The van der Waals surface area contributed by atoms with Crippen LogP contribution in [0, 0.1) is 0 Å². The smallest absolute Gasteiger partial charge is 0.360 e. The van der Waals surface area contributed by atoms with Crippen molar-refractivity contribution in [2.75, 3.05) is 6.73 Å². The van der Waals surface area contributed by atoms with Gasteiger partial charge in [-0.2, -0.15) is 0 Å². The topological polar surface area (TPSA) is 76.6 Å². The normalized spacial score (nSPS) is 13.2. The highest BCUT2D eigenvalue weighted by Crippen LogP contribution is 2.36. The second-order valence-corrected chi connectivity index (χ2v) is 6.33. The quantitative estimate of drug-likeness (QED) is 0.425. The molecule has 0 unspecified atom stereocenters. The number of carbonyl (C=O) groups is 3. The maximum Gasteiger partial charge on any atom is 0.360 e. The third-order valence-corrected chi connectivity index (χ3v) is 5.06. The van der Waals surface area contributed by atoms with Gasteiger partial charge < -0.3 is 4.74 Å². The van der Waals surface area contributed by atoms with E-state index in [1.807, 2.05) is 0 Å². The number of hydrogen-bond donors (Lipinski definition) is 0. The molecule has 2 amide bonds. The minimum atomic E-state index is -1.01. The van der Waals surface area contributed by atoms with E-state index >= 15 is 0 Å².